The first-order valence-electron chi connectivity index (χ1n) is 18.5. The smallest absolute Gasteiger partial charge is 0.161 e. The average Bonchev–Trinajstić information content (AvgIpc) is 3.82. The molecule has 0 atom stereocenters. The molecule has 258 valence electrons. The van der Waals surface area contributed by atoms with E-state index in [0.29, 0.717) is 11.7 Å². The van der Waals surface area contributed by atoms with Crippen molar-refractivity contribution in [2.75, 3.05) is 0 Å². The van der Waals surface area contributed by atoms with Crippen LogP contribution in [0.4, 0.5) is 0 Å². The summed E-state index contributed by atoms with van der Waals surface area (Å²) in [6, 6.07) is 58.0. The third-order valence-electron chi connectivity index (χ3n) is 11.3. The SMILES string of the molecule is C=C(N=C(N=C(C)c1cccc2c1C(C)(C)c1ccccc1-2)c1ccccc1)n1c2ccccc2c2ccc3c4ccccc4n(-c4ccccc4)c3c21. The molecule has 1 aliphatic rings. The Morgan fingerprint density at radius 2 is 1.13 bits per heavy atom. The monoisotopic (exact) mass is 694 g/mol. The highest BCUT2D eigenvalue weighted by molar-refractivity contribution is 6.24. The fraction of sp³-hybridized carbons (Fsp3) is 0.0800. The molecule has 0 N–H and O–H groups in total. The Kier molecular flexibility index (Phi) is 7.18. The van der Waals surface area contributed by atoms with Crippen LogP contribution in [0.2, 0.25) is 0 Å². The first kappa shape index (κ1) is 31.9. The number of hydrogen-bond acceptors (Lipinski definition) is 1. The Hall–Kier alpha value is -6.78. The van der Waals surface area contributed by atoms with Gasteiger partial charge in [0, 0.05) is 49.5 Å². The molecule has 0 spiro atoms. The maximum absolute atomic E-state index is 5.38. The number of aliphatic imine (C=N–C) groups is 2. The summed E-state index contributed by atoms with van der Waals surface area (Å²) in [6.07, 6.45) is 0. The van der Waals surface area contributed by atoms with E-state index in [-0.39, 0.29) is 5.41 Å². The minimum Gasteiger partial charge on any atom is -0.307 e. The number of amidine groups is 1. The van der Waals surface area contributed by atoms with Crippen molar-refractivity contribution in [1.29, 1.82) is 0 Å². The van der Waals surface area contributed by atoms with Gasteiger partial charge in [-0.25, -0.2) is 9.98 Å². The molecule has 2 heterocycles. The summed E-state index contributed by atoms with van der Waals surface area (Å²) < 4.78 is 4.62. The van der Waals surface area contributed by atoms with Gasteiger partial charge in [-0.05, 0) is 53.4 Å². The molecule has 4 heteroatoms. The lowest BCUT2D eigenvalue weighted by Gasteiger charge is -2.24. The lowest BCUT2D eigenvalue weighted by Crippen LogP contribution is -2.19. The van der Waals surface area contributed by atoms with E-state index in [1.54, 1.807) is 0 Å². The Morgan fingerprint density at radius 3 is 1.89 bits per heavy atom. The molecule has 54 heavy (non-hydrogen) atoms. The molecule has 0 fully saturated rings. The second-order valence-corrected chi connectivity index (χ2v) is 14.7. The van der Waals surface area contributed by atoms with Gasteiger partial charge in [0.25, 0.3) is 0 Å². The minimum atomic E-state index is -0.168. The van der Waals surface area contributed by atoms with Crippen LogP contribution in [0.5, 0.6) is 0 Å². The summed E-state index contributed by atoms with van der Waals surface area (Å²) in [6.45, 7) is 11.5. The van der Waals surface area contributed by atoms with E-state index in [1.807, 2.05) is 18.2 Å². The third kappa shape index (κ3) is 4.70. The lowest BCUT2D eigenvalue weighted by atomic mass is 9.79. The van der Waals surface area contributed by atoms with Crippen LogP contribution in [-0.2, 0) is 5.41 Å². The van der Waals surface area contributed by atoms with E-state index in [9.17, 15) is 0 Å². The van der Waals surface area contributed by atoms with Crippen molar-refractivity contribution in [3.63, 3.8) is 0 Å². The Morgan fingerprint density at radius 1 is 0.537 bits per heavy atom. The molecule has 4 nitrogen and oxygen atoms in total. The van der Waals surface area contributed by atoms with Gasteiger partial charge in [0.05, 0.1) is 22.1 Å². The van der Waals surface area contributed by atoms with E-state index in [4.69, 9.17) is 16.6 Å². The van der Waals surface area contributed by atoms with Crippen molar-refractivity contribution in [2.45, 2.75) is 26.2 Å². The summed E-state index contributed by atoms with van der Waals surface area (Å²) in [5.74, 6) is 1.21. The predicted octanol–water partition coefficient (Wildman–Crippen LogP) is 12.6. The number of fused-ring (bicyclic) bond motifs is 10. The van der Waals surface area contributed by atoms with Crippen molar-refractivity contribution < 1.29 is 0 Å². The van der Waals surface area contributed by atoms with Crippen LogP contribution in [0.3, 0.4) is 0 Å². The fourth-order valence-corrected chi connectivity index (χ4v) is 8.90. The molecule has 0 saturated heterocycles. The van der Waals surface area contributed by atoms with Crippen LogP contribution in [-0.4, -0.2) is 20.7 Å². The van der Waals surface area contributed by atoms with Crippen LogP contribution < -0.4 is 0 Å². The van der Waals surface area contributed by atoms with Gasteiger partial charge in [-0.2, -0.15) is 0 Å². The van der Waals surface area contributed by atoms with Crippen molar-refractivity contribution >= 4 is 61.0 Å². The highest BCUT2D eigenvalue weighted by Gasteiger charge is 2.37. The van der Waals surface area contributed by atoms with E-state index in [2.05, 4.69) is 175 Å². The summed E-state index contributed by atoms with van der Waals surface area (Å²) in [4.78, 5) is 10.8. The molecule has 0 unspecified atom stereocenters. The first-order valence-corrected chi connectivity index (χ1v) is 18.5. The standard InChI is InChI=1S/C50H38N4/c1-32(36-25-17-26-40-37-22-11-14-27-43(37)50(3,4)46(36)40)51-49(34-18-7-5-8-19-34)52-33(2)53-44-28-15-12-23-38(44)41-30-31-42-39-24-13-16-29-45(39)54(48(42)47(41)53)35-20-9-6-10-21-35/h5-31H,2H2,1,3-4H3. The van der Waals surface area contributed by atoms with Gasteiger partial charge in [0.1, 0.15) is 5.82 Å². The highest BCUT2D eigenvalue weighted by atomic mass is 15.1. The van der Waals surface area contributed by atoms with Gasteiger partial charge in [-0.15, -0.1) is 0 Å². The maximum Gasteiger partial charge on any atom is 0.161 e. The van der Waals surface area contributed by atoms with Gasteiger partial charge < -0.3 is 4.57 Å². The molecule has 0 bridgehead atoms. The van der Waals surface area contributed by atoms with Crippen LogP contribution in [0, 0.1) is 0 Å². The number of benzene rings is 7. The summed E-state index contributed by atoms with van der Waals surface area (Å²) in [7, 11) is 0. The summed E-state index contributed by atoms with van der Waals surface area (Å²) in [5, 5.41) is 4.69. The van der Waals surface area contributed by atoms with Gasteiger partial charge in [0.15, 0.2) is 5.84 Å². The second-order valence-electron chi connectivity index (χ2n) is 14.7. The quantitative estimate of drug-likeness (QED) is 0.127. The zero-order valence-corrected chi connectivity index (χ0v) is 30.6. The first-order chi connectivity index (χ1) is 26.4. The molecule has 1 aliphatic carbocycles. The van der Waals surface area contributed by atoms with E-state index >= 15 is 0 Å². The fourth-order valence-electron chi connectivity index (χ4n) is 8.90. The third-order valence-corrected chi connectivity index (χ3v) is 11.3. The van der Waals surface area contributed by atoms with Gasteiger partial charge in [0.2, 0.25) is 0 Å². The molecule has 0 saturated carbocycles. The van der Waals surface area contributed by atoms with E-state index < -0.39 is 0 Å². The largest absolute Gasteiger partial charge is 0.307 e. The molecule has 2 aromatic heterocycles. The lowest BCUT2D eigenvalue weighted by molar-refractivity contribution is 0.659. The van der Waals surface area contributed by atoms with Crippen LogP contribution >= 0.6 is 0 Å². The van der Waals surface area contributed by atoms with Crippen LogP contribution in [0.1, 0.15) is 43.0 Å². The molecule has 10 rings (SSSR count). The van der Waals surface area contributed by atoms with Crippen LogP contribution in [0.15, 0.2) is 180 Å². The molecule has 9 aromatic rings. The molecular weight excluding hydrogens is 657 g/mol. The maximum atomic E-state index is 5.38. The second kappa shape index (κ2) is 12.1. The van der Waals surface area contributed by atoms with Gasteiger partial charge in [-0.3, -0.25) is 4.57 Å². The molecule has 7 aromatic carbocycles. The number of nitrogens with zero attached hydrogens (tertiary/aromatic N) is 4. The van der Waals surface area contributed by atoms with E-state index in [0.717, 1.165) is 55.4 Å². The van der Waals surface area contributed by atoms with Gasteiger partial charge in [-0.1, -0.05) is 160 Å². The zero-order chi connectivity index (χ0) is 36.6. The summed E-state index contributed by atoms with van der Waals surface area (Å²) in [5.41, 5.74) is 13.5. The Balaban J connectivity index is 1.23. The van der Waals surface area contributed by atoms with Crippen molar-refractivity contribution in [2.24, 2.45) is 9.98 Å². The molecule has 0 radical (unpaired) electrons. The molecular formula is C50H38N4. The Bertz CT molecular complexity index is 3030. The highest BCUT2D eigenvalue weighted by Crippen LogP contribution is 2.50. The normalized spacial score (nSPS) is 13.9. The number of hydrogen-bond donors (Lipinski definition) is 0. The zero-order valence-electron chi connectivity index (χ0n) is 30.6. The predicted molar refractivity (Wildman–Crippen MR) is 228 cm³/mol. The number of aromatic nitrogens is 2. The molecule has 0 amide bonds. The van der Waals surface area contributed by atoms with Crippen molar-refractivity contribution in [3.05, 3.63) is 193 Å². The summed E-state index contributed by atoms with van der Waals surface area (Å²) >= 11 is 0. The molecule has 0 aliphatic heterocycles. The number of para-hydroxylation sites is 3. The average molecular weight is 695 g/mol. The van der Waals surface area contributed by atoms with Crippen LogP contribution in [0.25, 0.3) is 66.2 Å². The topological polar surface area (TPSA) is 34.6 Å². The van der Waals surface area contributed by atoms with Crippen molar-refractivity contribution in [3.8, 4) is 16.8 Å². The van der Waals surface area contributed by atoms with E-state index in [1.165, 1.54) is 33.0 Å². The number of rotatable bonds is 5. The Labute approximate surface area is 314 Å². The minimum absolute atomic E-state index is 0.168. The van der Waals surface area contributed by atoms with Gasteiger partial charge >= 0.3 is 0 Å². The van der Waals surface area contributed by atoms with Crippen molar-refractivity contribution in [1.82, 2.24) is 9.13 Å².